The highest BCUT2D eigenvalue weighted by atomic mass is 79.9. The molecule has 1 amide bonds. The zero-order chi connectivity index (χ0) is 17.0. The standard InChI is InChI=1S/C17H24BrClN2O2/c1-17(2,3)23-16(22)21-8-4-5-14(11-21)20-10-12-9-13(18)6-7-15(12)19/h6-7,9,14,20H,4-5,8,10-11H2,1-3H3. The van der Waals surface area contributed by atoms with Gasteiger partial charge in [-0.3, -0.25) is 0 Å². The third-order valence-corrected chi connectivity index (χ3v) is 4.52. The van der Waals surface area contributed by atoms with Gasteiger partial charge in [-0.1, -0.05) is 27.5 Å². The first-order valence-corrected chi connectivity index (χ1v) is 9.07. The zero-order valence-electron chi connectivity index (χ0n) is 13.9. The van der Waals surface area contributed by atoms with E-state index in [0.717, 1.165) is 34.4 Å². The van der Waals surface area contributed by atoms with Crippen molar-refractivity contribution in [2.75, 3.05) is 13.1 Å². The second-order valence-corrected chi connectivity index (χ2v) is 8.21. The van der Waals surface area contributed by atoms with Crippen LogP contribution in [0.2, 0.25) is 5.02 Å². The van der Waals surface area contributed by atoms with Gasteiger partial charge in [0, 0.05) is 35.2 Å². The van der Waals surface area contributed by atoms with Crippen LogP contribution >= 0.6 is 27.5 Å². The van der Waals surface area contributed by atoms with Crippen molar-refractivity contribution in [3.8, 4) is 0 Å². The maximum absolute atomic E-state index is 12.2. The summed E-state index contributed by atoms with van der Waals surface area (Å²) < 4.78 is 6.47. The van der Waals surface area contributed by atoms with E-state index >= 15 is 0 Å². The molecule has 0 spiro atoms. The molecule has 1 N–H and O–H groups in total. The summed E-state index contributed by atoms with van der Waals surface area (Å²) in [5.41, 5.74) is 0.594. The molecule has 6 heteroatoms. The van der Waals surface area contributed by atoms with E-state index in [1.54, 1.807) is 4.90 Å². The van der Waals surface area contributed by atoms with E-state index in [2.05, 4.69) is 21.2 Å². The summed E-state index contributed by atoms with van der Waals surface area (Å²) in [6.07, 6.45) is 1.79. The summed E-state index contributed by atoms with van der Waals surface area (Å²) in [5, 5.41) is 4.25. The summed E-state index contributed by atoms with van der Waals surface area (Å²) in [6, 6.07) is 6.09. The molecule has 0 bridgehead atoms. The summed E-state index contributed by atoms with van der Waals surface area (Å²) in [6.45, 7) is 7.77. The van der Waals surface area contributed by atoms with Crippen LogP contribution in [0.15, 0.2) is 22.7 Å². The Morgan fingerprint density at radius 1 is 1.48 bits per heavy atom. The lowest BCUT2D eigenvalue weighted by Crippen LogP contribution is -2.49. The van der Waals surface area contributed by atoms with Gasteiger partial charge in [-0.05, 0) is 57.4 Å². The second kappa shape index (κ2) is 7.86. The third-order valence-electron chi connectivity index (χ3n) is 3.66. The van der Waals surface area contributed by atoms with E-state index in [-0.39, 0.29) is 12.1 Å². The number of ether oxygens (including phenoxy) is 1. The molecule has 1 saturated heterocycles. The molecule has 0 aliphatic carbocycles. The van der Waals surface area contributed by atoms with Crippen molar-refractivity contribution in [2.45, 2.75) is 51.8 Å². The van der Waals surface area contributed by atoms with E-state index in [4.69, 9.17) is 16.3 Å². The first kappa shape index (κ1) is 18.6. The minimum atomic E-state index is -0.457. The zero-order valence-corrected chi connectivity index (χ0v) is 16.2. The van der Waals surface area contributed by atoms with Crippen LogP contribution in [0.25, 0.3) is 0 Å². The van der Waals surface area contributed by atoms with Crippen LogP contribution in [-0.2, 0) is 11.3 Å². The van der Waals surface area contributed by atoms with Gasteiger partial charge in [0.05, 0.1) is 0 Å². The van der Waals surface area contributed by atoms with Gasteiger partial charge in [0.15, 0.2) is 0 Å². The van der Waals surface area contributed by atoms with Gasteiger partial charge in [0.1, 0.15) is 5.60 Å². The molecular formula is C17H24BrClN2O2. The number of likely N-dealkylation sites (tertiary alicyclic amines) is 1. The Kier molecular flexibility index (Phi) is 6.34. The van der Waals surface area contributed by atoms with Crippen LogP contribution in [-0.4, -0.2) is 35.7 Å². The topological polar surface area (TPSA) is 41.6 Å². The fourth-order valence-electron chi connectivity index (χ4n) is 2.57. The van der Waals surface area contributed by atoms with Crippen molar-refractivity contribution >= 4 is 33.6 Å². The number of carbonyl (C=O) groups is 1. The second-order valence-electron chi connectivity index (χ2n) is 6.88. The largest absolute Gasteiger partial charge is 0.444 e. The Hall–Kier alpha value is -0.780. The number of hydrogen-bond acceptors (Lipinski definition) is 3. The molecular weight excluding hydrogens is 380 g/mol. The molecule has 1 aliphatic heterocycles. The van der Waals surface area contributed by atoms with E-state index in [9.17, 15) is 4.79 Å². The maximum Gasteiger partial charge on any atom is 0.410 e. The molecule has 0 aromatic heterocycles. The van der Waals surface area contributed by atoms with E-state index in [0.29, 0.717) is 13.1 Å². The van der Waals surface area contributed by atoms with Gasteiger partial charge in [0.2, 0.25) is 0 Å². The molecule has 1 atom stereocenters. The number of piperidine rings is 1. The van der Waals surface area contributed by atoms with Gasteiger partial charge in [-0.25, -0.2) is 4.79 Å². The minimum Gasteiger partial charge on any atom is -0.444 e. The summed E-state index contributed by atoms with van der Waals surface area (Å²) in [5.74, 6) is 0. The van der Waals surface area contributed by atoms with Crippen LogP contribution in [0.3, 0.4) is 0 Å². The average molecular weight is 404 g/mol. The first-order valence-electron chi connectivity index (χ1n) is 7.90. The van der Waals surface area contributed by atoms with Gasteiger partial charge in [0.25, 0.3) is 0 Å². The molecule has 0 radical (unpaired) electrons. The van der Waals surface area contributed by atoms with Crippen LogP contribution in [0.5, 0.6) is 0 Å². The van der Waals surface area contributed by atoms with Crippen molar-refractivity contribution < 1.29 is 9.53 Å². The first-order chi connectivity index (χ1) is 10.7. The lowest BCUT2D eigenvalue weighted by molar-refractivity contribution is 0.0187. The van der Waals surface area contributed by atoms with Crippen LogP contribution < -0.4 is 5.32 Å². The van der Waals surface area contributed by atoms with Crippen LogP contribution in [0.1, 0.15) is 39.2 Å². The number of nitrogens with one attached hydrogen (secondary N) is 1. The number of nitrogens with zero attached hydrogens (tertiary/aromatic N) is 1. The molecule has 0 saturated carbocycles. The monoisotopic (exact) mass is 402 g/mol. The van der Waals surface area contributed by atoms with Crippen molar-refractivity contribution in [3.05, 3.63) is 33.3 Å². The molecule has 1 aliphatic rings. The SMILES string of the molecule is CC(C)(C)OC(=O)N1CCCC(NCc2cc(Br)ccc2Cl)C1. The van der Waals surface area contributed by atoms with Crippen molar-refractivity contribution in [1.29, 1.82) is 0 Å². The smallest absolute Gasteiger partial charge is 0.410 e. The fourth-order valence-corrected chi connectivity index (χ4v) is 3.16. The van der Waals surface area contributed by atoms with E-state index in [1.807, 2.05) is 39.0 Å². The molecule has 1 fully saturated rings. The highest BCUT2D eigenvalue weighted by Gasteiger charge is 2.27. The molecule has 4 nitrogen and oxygen atoms in total. The number of hydrogen-bond donors (Lipinski definition) is 1. The lowest BCUT2D eigenvalue weighted by Gasteiger charge is -2.34. The Morgan fingerprint density at radius 3 is 2.91 bits per heavy atom. The minimum absolute atomic E-state index is 0.232. The molecule has 2 rings (SSSR count). The van der Waals surface area contributed by atoms with Crippen molar-refractivity contribution in [1.82, 2.24) is 10.2 Å². The number of benzene rings is 1. The highest BCUT2D eigenvalue weighted by molar-refractivity contribution is 9.10. The molecule has 1 aromatic rings. The molecule has 1 unspecified atom stereocenters. The summed E-state index contributed by atoms with van der Waals surface area (Å²) in [4.78, 5) is 14.0. The predicted molar refractivity (Wildman–Crippen MR) is 96.8 cm³/mol. The predicted octanol–water partition coefficient (Wildman–Crippen LogP) is 4.59. The van der Waals surface area contributed by atoms with Gasteiger partial charge < -0.3 is 15.0 Å². The Labute approximate surface area is 151 Å². The molecule has 128 valence electrons. The normalized spacial score (nSPS) is 18.8. The molecule has 1 heterocycles. The highest BCUT2D eigenvalue weighted by Crippen LogP contribution is 2.22. The molecule has 23 heavy (non-hydrogen) atoms. The lowest BCUT2D eigenvalue weighted by atomic mass is 10.1. The van der Waals surface area contributed by atoms with E-state index in [1.165, 1.54) is 0 Å². The van der Waals surface area contributed by atoms with E-state index < -0.39 is 5.60 Å². The van der Waals surface area contributed by atoms with Crippen molar-refractivity contribution in [2.24, 2.45) is 0 Å². The number of amides is 1. The Bertz CT molecular complexity index is 560. The Morgan fingerprint density at radius 2 is 2.22 bits per heavy atom. The van der Waals surface area contributed by atoms with Crippen LogP contribution in [0, 0.1) is 0 Å². The third kappa shape index (κ3) is 5.98. The quantitative estimate of drug-likeness (QED) is 0.802. The van der Waals surface area contributed by atoms with Crippen LogP contribution in [0.4, 0.5) is 4.79 Å². The van der Waals surface area contributed by atoms with Gasteiger partial charge in [-0.2, -0.15) is 0 Å². The Balaban J connectivity index is 1.89. The maximum atomic E-state index is 12.2. The number of halogens is 2. The van der Waals surface area contributed by atoms with Gasteiger partial charge >= 0.3 is 6.09 Å². The summed E-state index contributed by atoms with van der Waals surface area (Å²) >= 11 is 9.68. The van der Waals surface area contributed by atoms with Crippen molar-refractivity contribution in [3.63, 3.8) is 0 Å². The number of carbonyl (C=O) groups excluding carboxylic acids is 1. The molecule has 1 aromatic carbocycles. The van der Waals surface area contributed by atoms with Gasteiger partial charge in [-0.15, -0.1) is 0 Å². The number of rotatable bonds is 3. The average Bonchev–Trinajstić information content (AvgIpc) is 2.47. The fraction of sp³-hybridized carbons (Fsp3) is 0.588. The summed E-state index contributed by atoms with van der Waals surface area (Å²) in [7, 11) is 0.